The molecule has 0 bridgehead atoms. The molecule has 1 N–H and O–H groups in total. The highest BCUT2D eigenvalue weighted by Crippen LogP contribution is 2.26. The van der Waals surface area contributed by atoms with Gasteiger partial charge in [0.25, 0.3) is 0 Å². The first-order valence-electron chi connectivity index (χ1n) is 6.00. The zero-order valence-electron chi connectivity index (χ0n) is 10.9. The van der Waals surface area contributed by atoms with Crippen LogP contribution in [0, 0.1) is 26.6 Å². The number of rotatable bonds is 2. The van der Waals surface area contributed by atoms with E-state index in [0.29, 0.717) is 5.56 Å². The number of hydrogen-bond acceptors (Lipinski definition) is 1. The predicted molar refractivity (Wildman–Crippen MR) is 71.1 cm³/mol. The number of hydrogen-bond donors (Lipinski definition) is 1. The lowest BCUT2D eigenvalue weighted by molar-refractivity contribution is 0.215. The molecule has 0 radical (unpaired) electrons. The second-order valence-electron chi connectivity index (χ2n) is 4.77. The molecule has 94 valence electrons. The third-order valence-electron chi connectivity index (χ3n) is 3.29. The van der Waals surface area contributed by atoms with Gasteiger partial charge in [0, 0.05) is 5.56 Å². The van der Waals surface area contributed by atoms with Gasteiger partial charge < -0.3 is 5.11 Å². The maximum Gasteiger partial charge on any atom is 0.129 e. The monoisotopic (exact) mass is 244 g/mol. The molecule has 0 amide bonds. The zero-order chi connectivity index (χ0) is 13.3. The van der Waals surface area contributed by atoms with Crippen LogP contribution in [0.4, 0.5) is 4.39 Å². The maximum absolute atomic E-state index is 13.7. The van der Waals surface area contributed by atoms with Gasteiger partial charge in [-0.25, -0.2) is 4.39 Å². The van der Waals surface area contributed by atoms with Gasteiger partial charge in [0.05, 0.1) is 0 Å². The quantitative estimate of drug-likeness (QED) is 0.851. The van der Waals surface area contributed by atoms with Crippen molar-refractivity contribution in [2.75, 3.05) is 0 Å². The van der Waals surface area contributed by atoms with Crippen LogP contribution in [-0.4, -0.2) is 5.11 Å². The fourth-order valence-corrected chi connectivity index (χ4v) is 1.99. The van der Waals surface area contributed by atoms with E-state index in [-0.39, 0.29) is 5.82 Å². The molecule has 0 aliphatic heterocycles. The average molecular weight is 244 g/mol. The lowest BCUT2D eigenvalue weighted by Crippen LogP contribution is -2.03. The van der Waals surface area contributed by atoms with E-state index < -0.39 is 6.10 Å². The number of halogens is 1. The molecule has 0 saturated carbocycles. The fourth-order valence-electron chi connectivity index (χ4n) is 1.99. The van der Waals surface area contributed by atoms with Gasteiger partial charge in [-0.15, -0.1) is 0 Å². The molecule has 1 unspecified atom stereocenters. The number of aryl methyl sites for hydroxylation is 3. The molecule has 2 aromatic rings. The first-order valence-corrected chi connectivity index (χ1v) is 6.00. The Kier molecular flexibility index (Phi) is 3.48. The Balaban J connectivity index is 2.44. The second-order valence-corrected chi connectivity index (χ2v) is 4.77. The van der Waals surface area contributed by atoms with Crippen LogP contribution in [0.25, 0.3) is 0 Å². The Morgan fingerprint density at radius 2 is 1.67 bits per heavy atom. The van der Waals surface area contributed by atoms with E-state index >= 15 is 0 Å². The van der Waals surface area contributed by atoms with Crippen molar-refractivity contribution in [2.24, 2.45) is 0 Å². The molecule has 0 aliphatic rings. The molecule has 1 atom stereocenters. The number of benzene rings is 2. The van der Waals surface area contributed by atoms with E-state index in [0.717, 1.165) is 22.3 Å². The van der Waals surface area contributed by atoms with Gasteiger partial charge in [-0.1, -0.05) is 35.9 Å². The SMILES string of the molecule is Cc1ccc(F)c(C(O)c2ccc(C)c(C)c2)c1. The summed E-state index contributed by atoms with van der Waals surface area (Å²) in [7, 11) is 0. The van der Waals surface area contributed by atoms with Crippen LogP contribution in [0.15, 0.2) is 36.4 Å². The topological polar surface area (TPSA) is 20.2 Å². The highest BCUT2D eigenvalue weighted by molar-refractivity contribution is 5.37. The van der Waals surface area contributed by atoms with Gasteiger partial charge in [-0.05, 0) is 43.5 Å². The Morgan fingerprint density at radius 1 is 0.944 bits per heavy atom. The third-order valence-corrected chi connectivity index (χ3v) is 3.29. The van der Waals surface area contributed by atoms with Crippen molar-refractivity contribution in [3.8, 4) is 0 Å². The van der Waals surface area contributed by atoms with Crippen molar-refractivity contribution < 1.29 is 9.50 Å². The zero-order valence-corrected chi connectivity index (χ0v) is 10.9. The summed E-state index contributed by atoms with van der Waals surface area (Å²) in [4.78, 5) is 0. The highest BCUT2D eigenvalue weighted by Gasteiger charge is 2.15. The third kappa shape index (κ3) is 2.44. The van der Waals surface area contributed by atoms with Crippen molar-refractivity contribution >= 4 is 0 Å². The minimum absolute atomic E-state index is 0.332. The first-order chi connectivity index (χ1) is 8.49. The Morgan fingerprint density at radius 3 is 2.33 bits per heavy atom. The van der Waals surface area contributed by atoms with Crippen molar-refractivity contribution in [3.63, 3.8) is 0 Å². The largest absolute Gasteiger partial charge is 0.384 e. The minimum atomic E-state index is -0.913. The van der Waals surface area contributed by atoms with E-state index in [2.05, 4.69) is 0 Å². The van der Waals surface area contributed by atoms with Crippen molar-refractivity contribution in [3.05, 3.63) is 70.0 Å². The van der Waals surface area contributed by atoms with Crippen LogP contribution >= 0.6 is 0 Å². The molecule has 0 aromatic heterocycles. The Hall–Kier alpha value is -1.67. The average Bonchev–Trinajstić information content (AvgIpc) is 2.35. The number of aliphatic hydroxyl groups excluding tert-OH is 1. The summed E-state index contributed by atoms with van der Waals surface area (Å²) >= 11 is 0. The first kappa shape index (κ1) is 12.8. The summed E-state index contributed by atoms with van der Waals surface area (Å²) in [5, 5.41) is 10.3. The molecular weight excluding hydrogens is 227 g/mol. The van der Waals surface area contributed by atoms with Crippen LogP contribution in [0.1, 0.15) is 33.9 Å². The van der Waals surface area contributed by atoms with Gasteiger partial charge >= 0.3 is 0 Å². The van der Waals surface area contributed by atoms with Crippen LogP contribution in [-0.2, 0) is 0 Å². The molecule has 0 heterocycles. The molecule has 2 rings (SSSR count). The van der Waals surface area contributed by atoms with E-state index in [9.17, 15) is 9.50 Å². The van der Waals surface area contributed by atoms with Crippen molar-refractivity contribution in [1.82, 2.24) is 0 Å². The standard InChI is InChI=1S/C16H17FO/c1-10-4-7-15(17)14(8-10)16(18)13-6-5-11(2)12(3)9-13/h4-9,16,18H,1-3H3. The van der Waals surface area contributed by atoms with Gasteiger partial charge in [0.2, 0.25) is 0 Å². The molecule has 0 aliphatic carbocycles. The summed E-state index contributed by atoms with van der Waals surface area (Å²) in [6, 6.07) is 10.5. The Labute approximate surface area is 107 Å². The molecule has 18 heavy (non-hydrogen) atoms. The van der Waals surface area contributed by atoms with E-state index in [1.54, 1.807) is 12.1 Å². The molecule has 0 fully saturated rings. The normalized spacial score (nSPS) is 12.5. The molecule has 0 saturated heterocycles. The van der Waals surface area contributed by atoms with Crippen molar-refractivity contribution in [2.45, 2.75) is 26.9 Å². The van der Waals surface area contributed by atoms with Crippen LogP contribution in [0.3, 0.4) is 0 Å². The predicted octanol–water partition coefficient (Wildman–Crippen LogP) is 3.83. The fraction of sp³-hybridized carbons (Fsp3) is 0.250. The molecular formula is C16H17FO. The molecule has 2 heteroatoms. The Bertz CT molecular complexity index is 575. The van der Waals surface area contributed by atoms with Gasteiger partial charge in [-0.3, -0.25) is 0 Å². The highest BCUT2D eigenvalue weighted by atomic mass is 19.1. The summed E-state index contributed by atoms with van der Waals surface area (Å²) < 4.78 is 13.7. The second kappa shape index (κ2) is 4.91. The van der Waals surface area contributed by atoms with Crippen LogP contribution in [0.2, 0.25) is 0 Å². The van der Waals surface area contributed by atoms with Crippen LogP contribution < -0.4 is 0 Å². The minimum Gasteiger partial charge on any atom is -0.384 e. The van der Waals surface area contributed by atoms with Crippen molar-refractivity contribution in [1.29, 1.82) is 0 Å². The van der Waals surface area contributed by atoms with Gasteiger partial charge in [0.1, 0.15) is 11.9 Å². The maximum atomic E-state index is 13.7. The van der Waals surface area contributed by atoms with E-state index in [1.165, 1.54) is 6.07 Å². The van der Waals surface area contributed by atoms with Gasteiger partial charge in [0.15, 0.2) is 0 Å². The summed E-state index contributed by atoms with van der Waals surface area (Å²) in [5.74, 6) is -0.369. The molecule has 0 spiro atoms. The van der Waals surface area contributed by atoms with E-state index in [1.807, 2.05) is 39.0 Å². The van der Waals surface area contributed by atoms with Crippen LogP contribution in [0.5, 0.6) is 0 Å². The molecule has 2 aromatic carbocycles. The van der Waals surface area contributed by atoms with E-state index in [4.69, 9.17) is 0 Å². The summed E-state index contributed by atoms with van der Waals surface area (Å²) in [6.07, 6.45) is -0.913. The number of aliphatic hydroxyl groups is 1. The summed E-state index contributed by atoms with van der Waals surface area (Å²) in [6.45, 7) is 5.88. The lowest BCUT2D eigenvalue weighted by Gasteiger charge is -2.14. The summed E-state index contributed by atoms with van der Waals surface area (Å²) in [5.41, 5.74) is 4.26. The molecule has 1 nitrogen and oxygen atoms in total. The van der Waals surface area contributed by atoms with Gasteiger partial charge in [-0.2, -0.15) is 0 Å². The lowest BCUT2D eigenvalue weighted by atomic mass is 9.96. The smallest absolute Gasteiger partial charge is 0.129 e.